The second kappa shape index (κ2) is 6.00. The van der Waals surface area contributed by atoms with Gasteiger partial charge in [-0.25, -0.2) is 0 Å². The van der Waals surface area contributed by atoms with Crippen LogP contribution in [-0.2, 0) is 11.8 Å². The Balaban J connectivity index is 2.53. The van der Waals surface area contributed by atoms with E-state index in [0.29, 0.717) is 6.54 Å². The number of nitrogens with zero attached hydrogens (tertiary/aromatic N) is 2. The molecule has 2 N–H and O–H groups in total. The van der Waals surface area contributed by atoms with Crippen LogP contribution in [0, 0.1) is 5.41 Å². The minimum Gasteiger partial charge on any atom is -0.354 e. The highest BCUT2D eigenvalue weighted by Crippen LogP contribution is 2.17. The zero-order chi connectivity index (χ0) is 13.8. The van der Waals surface area contributed by atoms with E-state index in [4.69, 9.17) is 0 Å². The Morgan fingerprint density at radius 2 is 2.17 bits per heavy atom. The Hall–Kier alpha value is -1.36. The Morgan fingerprint density at radius 3 is 2.61 bits per heavy atom. The first-order valence-corrected chi connectivity index (χ1v) is 6.27. The third kappa shape index (κ3) is 4.49. The van der Waals surface area contributed by atoms with Crippen LogP contribution in [0.5, 0.6) is 0 Å². The topological polar surface area (TPSA) is 59.0 Å². The summed E-state index contributed by atoms with van der Waals surface area (Å²) in [5, 5.41) is 10.1. The number of aryl methyl sites for hydroxylation is 1. The second-order valence-electron chi connectivity index (χ2n) is 5.77. The number of likely N-dealkylation sites (N-methyl/N-ethyl adjacent to an activating group) is 1. The summed E-state index contributed by atoms with van der Waals surface area (Å²) in [5.74, 6) is -0.00486. The lowest BCUT2D eigenvalue weighted by molar-refractivity contribution is -0.123. The van der Waals surface area contributed by atoms with Gasteiger partial charge in [-0.15, -0.1) is 0 Å². The molecule has 0 saturated heterocycles. The Kier molecular flexibility index (Phi) is 4.90. The lowest BCUT2D eigenvalue weighted by Crippen LogP contribution is -2.37. The SMILES string of the molecule is CNC(C(=O)NCCC(C)(C)C)c1cnn(C)c1. The standard InChI is InChI=1S/C13H24N4O/c1-13(2,3)6-7-15-12(18)11(14-4)10-8-16-17(5)9-10/h8-9,11,14H,6-7H2,1-5H3,(H,15,18). The molecule has 18 heavy (non-hydrogen) atoms. The molecule has 0 saturated carbocycles. The molecule has 0 fully saturated rings. The zero-order valence-electron chi connectivity index (χ0n) is 11.9. The van der Waals surface area contributed by atoms with Crippen molar-refractivity contribution < 1.29 is 4.79 Å². The summed E-state index contributed by atoms with van der Waals surface area (Å²) in [6.45, 7) is 7.18. The van der Waals surface area contributed by atoms with Crippen molar-refractivity contribution >= 4 is 5.91 Å². The van der Waals surface area contributed by atoms with Crippen LogP contribution < -0.4 is 10.6 Å². The highest BCUT2D eigenvalue weighted by Gasteiger charge is 2.20. The highest BCUT2D eigenvalue weighted by atomic mass is 16.2. The van der Waals surface area contributed by atoms with Gasteiger partial charge in [0.05, 0.1) is 6.20 Å². The molecule has 1 rings (SSSR count). The molecule has 1 amide bonds. The lowest BCUT2D eigenvalue weighted by atomic mass is 9.92. The third-order valence-electron chi connectivity index (χ3n) is 2.78. The number of hydrogen-bond donors (Lipinski definition) is 2. The first kappa shape index (κ1) is 14.7. The first-order valence-electron chi connectivity index (χ1n) is 6.27. The molecule has 102 valence electrons. The molecule has 1 heterocycles. The number of rotatable bonds is 5. The normalized spacial score (nSPS) is 13.4. The number of carbonyl (C=O) groups excluding carboxylic acids is 1. The lowest BCUT2D eigenvalue weighted by Gasteiger charge is -2.20. The molecule has 5 nitrogen and oxygen atoms in total. The molecule has 1 atom stereocenters. The van der Waals surface area contributed by atoms with Crippen molar-refractivity contribution in [3.63, 3.8) is 0 Å². The summed E-state index contributed by atoms with van der Waals surface area (Å²) < 4.78 is 1.70. The van der Waals surface area contributed by atoms with Crippen molar-refractivity contribution in [1.82, 2.24) is 20.4 Å². The number of hydrogen-bond acceptors (Lipinski definition) is 3. The van der Waals surface area contributed by atoms with Gasteiger partial charge in [0, 0.05) is 25.4 Å². The molecule has 0 radical (unpaired) electrons. The predicted molar refractivity (Wildman–Crippen MR) is 72.1 cm³/mol. The quantitative estimate of drug-likeness (QED) is 0.828. The van der Waals surface area contributed by atoms with E-state index in [9.17, 15) is 4.79 Å². The fraction of sp³-hybridized carbons (Fsp3) is 0.692. The molecule has 0 aliphatic heterocycles. The van der Waals surface area contributed by atoms with Crippen molar-refractivity contribution in [1.29, 1.82) is 0 Å². The van der Waals surface area contributed by atoms with Crippen LogP contribution in [0.15, 0.2) is 12.4 Å². The number of carbonyl (C=O) groups is 1. The maximum Gasteiger partial charge on any atom is 0.241 e. The van der Waals surface area contributed by atoms with Crippen LogP contribution in [-0.4, -0.2) is 29.3 Å². The number of aromatic nitrogens is 2. The van der Waals surface area contributed by atoms with Gasteiger partial charge in [0.1, 0.15) is 6.04 Å². The van der Waals surface area contributed by atoms with Crippen LogP contribution in [0.25, 0.3) is 0 Å². The smallest absolute Gasteiger partial charge is 0.241 e. The van der Waals surface area contributed by atoms with Crippen LogP contribution in [0.3, 0.4) is 0 Å². The maximum absolute atomic E-state index is 12.1. The molecule has 0 aliphatic carbocycles. The van der Waals surface area contributed by atoms with Gasteiger partial charge >= 0.3 is 0 Å². The monoisotopic (exact) mass is 252 g/mol. The van der Waals surface area contributed by atoms with Gasteiger partial charge in [0.15, 0.2) is 0 Å². The Labute approximate surface area is 109 Å². The van der Waals surface area contributed by atoms with Crippen molar-refractivity contribution in [3.8, 4) is 0 Å². The fourth-order valence-electron chi connectivity index (χ4n) is 1.70. The molecular formula is C13H24N4O. The maximum atomic E-state index is 12.1. The van der Waals surface area contributed by atoms with Gasteiger partial charge in [-0.05, 0) is 18.9 Å². The summed E-state index contributed by atoms with van der Waals surface area (Å²) in [4.78, 5) is 12.1. The Morgan fingerprint density at radius 1 is 1.50 bits per heavy atom. The molecule has 0 bridgehead atoms. The zero-order valence-corrected chi connectivity index (χ0v) is 11.9. The molecule has 1 aromatic heterocycles. The minimum absolute atomic E-state index is 0.00486. The van der Waals surface area contributed by atoms with E-state index < -0.39 is 0 Å². The summed E-state index contributed by atoms with van der Waals surface area (Å²) >= 11 is 0. The van der Waals surface area contributed by atoms with Gasteiger partial charge in [0.25, 0.3) is 0 Å². The first-order chi connectivity index (χ1) is 8.33. The van der Waals surface area contributed by atoms with E-state index in [1.165, 1.54) is 0 Å². The van der Waals surface area contributed by atoms with E-state index in [1.54, 1.807) is 17.9 Å². The largest absolute Gasteiger partial charge is 0.354 e. The molecule has 0 spiro atoms. The van der Waals surface area contributed by atoms with E-state index in [-0.39, 0.29) is 17.4 Å². The van der Waals surface area contributed by atoms with Gasteiger partial charge in [-0.1, -0.05) is 20.8 Å². The molecule has 1 aromatic rings. The summed E-state index contributed by atoms with van der Waals surface area (Å²) in [6.07, 6.45) is 4.53. The van der Waals surface area contributed by atoms with Crippen molar-refractivity contribution in [2.45, 2.75) is 33.2 Å². The summed E-state index contributed by atoms with van der Waals surface area (Å²) in [5.41, 5.74) is 1.12. The average Bonchev–Trinajstić information content (AvgIpc) is 2.64. The van der Waals surface area contributed by atoms with Crippen LogP contribution in [0.1, 0.15) is 38.8 Å². The van der Waals surface area contributed by atoms with Crippen molar-refractivity contribution in [3.05, 3.63) is 18.0 Å². The van der Waals surface area contributed by atoms with E-state index in [0.717, 1.165) is 12.0 Å². The fourth-order valence-corrected chi connectivity index (χ4v) is 1.70. The Bertz CT molecular complexity index is 392. The molecule has 0 aromatic carbocycles. The molecular weight excluding hydrogens is 228 g/mol. The predicted octanol–water partition coefficient (Wildman–Crippen LogP) is 1.23. The molecule has 1 unspecified atom stereocenters. The summed E-state index contributed by atoms with van der Waals surface area (Å²) in [6, 6.07) is -0.335. The third-order valence-corrected chi connectivity index (χ3v) is 2.78. The van der Waals surface area contributed by atoms with Crippen LogP contribution in [0.2, 0.25) is 0 Å². The van der Waals surface area contributed by atoms with E-state index in [1.807, 2.05) is 13.2 Å². The van der Waals surface area contributed by atoms with Crippen LogP contribution >= 0.6 is 0 Å². The van der Waals surface area contributed by atoms with Crippen molar-refractivity contribution in [2.24, 2.45) is 12.5 Å². The average molecular weight is 252 g/mol. The number of nitrogens with one attached hydrogen (secondary N) is 2. The molecule has 5 heteroatoms. The highest BCUT2D eigenvalue weighted by molar-refractivity contribution is 5.82. The van der Waals surface area contributed by atoms with Gasteiger partial charge in [-0.2, -0.15) is 5.10 Å². The minimum atomic E-state index is -0.335. The van der Waals surface area contributed by atoms with Crippen molar-refractivity contribution in [2.75, 3.05) is 13.6 Å². The van der Waals surface area contributed by atoms with Crippen LogP contribution in [0.4, 0.5) is 0 Å². The van der Waals surface area contributed by atoms with Gasteiger partial charge < -0.3 is 10.6 Å². The van der Waals surface area contributed by atoms with Gasteiger partial charge in [-0.3, -0.25) is 9.48 Å². The van der Waals surface area contributed by atoms with Gasteiger partial charge in [0.2, 0.25) is 5.91 Å². The van der Waals surface area contributed by atoms with E-state index >= 15 is 0 Å². The van der Waals surface area contributed by atoms with E-state index in [2.05, 4.69) is 36.5 Å². The second-order valence-corrected chi connectivity index (χ2v) is 5.77. The summed E-state index contributed by atoms with van der Waals surface area (Å²) in [7, 11) is 3.62. The number of amides is 1. The molecule has 0 aliphatic rings.